The van der Waals surface area contributed by atoms with E-state index in [1.807, 2.05) is 45.0 Å². The molecule has 0 radical (unpaired) electrons. The van der Waals surface area contributed by atoms with Gasteiger partial charge in [0.1, 0.15) is 6.04 Å². The summed E-state index contributed by atoms with van der Waals surface area (Å²) in [6.45, 7) is 2.40. The van der Waals surface area contributed by atoms with Crippen LogP contribution in [-0.4, -0.2) is 70.7 Å². The van der Waals surface area contributed by atoms with E-state index in [-0.39, 0.29) is 35.7 Å². The molecule has 2 saturated carbocycles. The molecule has 2 heterocycles. The Balaban J connectivity index is 1.31. The Morgan fingerprint density at radius 3 is 2.07 bits per heavy atom. The summed E-state index contributed by atoms with van der Waals surface area (Å²) in [5, 5.41) is 0. The third-order valence-corrected chi connectivity index (χ3v) is 7.46. The molecule has 4 aliphatic rings. The molecule has 30 heavy (non-hydrogen) atoms. The van der Waals surface area contributed by atoms with Crippen LogP contribution in [0.3, 0.4) is 0 Å². The molecule has 2 aliphatic heterocycles. The monoisotopic (exact) mass is 409 g/mol. The standard InChI is InChI=1S/C24H31N3O3/c28-22(18-10-11-18)25-12-14-26(15-13-25)24(30)21-16-19-8-4-5-9-20(19)27(21)23(29)17-6-2-1-3-7-17/h1-3,6-7,18-21H,4-5,8-16H2. The van der Waals surface area contributed by atoms with Crippen molar-refractivity contribution >= 4 is 17.7 Å². The van der Waals surface area contributed by atoms with Gasteiger partial charge in [-0.1, -0.05) is 31.0 Å². The molecule has 6 heteroatoms. The fourth-order valence-corrected chi connectivity index (χ4v) is 5.65. The van der Waals surface area contributed by atoms with Crippen molar-refractivity contribution in [2.75, 3.05) is 26.2 Å². The summed E-state index contributed by atoms with van der Waals surface area (Å²) in [5.74, 6) is 0.982. The predicted molar refractivity (Wildman–Crippen MR) is 113 cm³/mol. The van der Waals surface area contributed by atoms with E-state index in [1.54, 1.807) is 0 Å². The Morgan fingerprint density at radius 2 is 1.40 bits per heavy atom. The maximum atomic E-state index is 13.5. The van der Waals surface area contributed by atoms with Crippen LogP contribution in [0.1, 0.15) is 55.3 Å². The second-order valence-corrected chi connectivity index (χ2v) is 9.37. The molecule has 3 atom stereocenters. The van der Waals surface area contributed by atoms with Gasteiger partial charge in [-0.3, -0.25) is 14.4 Å². The normalized spacial score (nSPS) is 28.9. The lowest BCUT2D eigenvalue weighted by atomic mass is 9.84. The summed E-state index contributed by atoms with van der Waals surface area (Å²) in [7, 11) is 0. The molecule has 2 saturated heterocycles. The molecule has 0 aromatic heterocycles. The van der Waals surface area contributed by atoms with Crippen LogP contribution in [0.25, 0.3) is 0 Å². The Hall–Kier alpha value is -2.37. The average molecular weight is 410 g/mol. The summed E-state index contributed by atoms with van der Waals surface area (Å²) >= 11 is 0. The smallest absolute Gasteiger partial charge is 0.254 e. The molecule has 0 spiro atoms. The van der Waals surface area contributed by atoms with Gasteiger partial charge in [0.15, 0.2) is 0 Å². The molecule has 160 valence electrons. The van der Waals surface area contributed by atoms with E-state index in [0.717, 1.165) is 38.5 Å². The number of carbonyl (C=O) groups excluding carboxylic acids is 3. The number of carbonyl (C=O) groups is 3. The summed E-state index contributed by atoms with van der Waals surface area (Å²) < 4.78 is 0. The first-order valence-electron chi connectivity index (χ1n) is 11.6. The molecule has 5 rings (SSSR count). The fraction of sp³-hybridized carbons (Fsp3) is 0.625. The highest BCUT2D eigenvalue weighted by Crippen LogP contribution is 2.41. The SMILES string of the molecule is O=C(C1CC1)N1CCN(C(=O)C2CC3CCCCC3N2C(=O)c2ccccc2)CC1. The van der Waals surface area contributed by atoms with Gasteiger partial charge in [-0.15, -0.1) is 0 Å². The zero-order valence-corrected chi connectivity index (χ0v) is 17.5. The van der Waals surface area contributed by atoms with Crippen molar-refractivity contribution in [2.24, 2.45) is 11.8 Å². The van der Waals surface area contributed by atoms with Crippen LogP contribution in [0, 0.1) is 11.8 Å². The van der Waals surface area contributed by atoms with Gasteiger partial charge >= 0.3 is 0 Å². The van der Waals surface area contributed by atoms with E-state index in [4.69, 9.17) is 0 Å². The van der Waals surface area contributed by atoms with Gasteiger partial charge in [0.2, 0.25) is 11.8 Å². The molecular formula is C24H31N3O3. The maximum Gasteiger partial charge on any atom is 0.254 e. The van der Waals surface area contributed by atoms with Crippen LogP contribution in [0.15, 0.2) is 30.3 Å². The van der Waals surface area contributed by atoms with Gasteiger partial charge < -0.3 is 14.7 Å². The first-order chi connectivity index (χ1) is 14.6. The van der Waals surface area contributed by atoms with E-state index in [2.05, 4.69) is 0 Å². The number of piperazine rings is 1. The van der Waals surface area contributed by atoms with Gasteiger partial charge in [-0.25, -0.2) is 0 Å². The molecule has 6 nitrogen and oxygen atoms in total. The van der Waals surface area contributed by atoms with Crippen LogP contribution in [0.2, 0.25) is 0 Å². The Bertz CT molecular complexity index is 814. The van der Waals surface area contributed by atoms with Crippen molar-refractivity contribution in [2.45, 2.75) is 57.0 Å². The van der Waals surface area contributed by atoms with Crippen molar-refractivity contribution in [3.63, 3.8) is 0 Å². The third kappa shape index (κ3) is 3.61. The van der Waals surface area contributed by atoms with Crippen LogP contribution in [-0.2, 0) is 9.59 Å². The zero-order valence-electron chi connectivity index (χ0n) is 17.5. The van der Waals surface area contributed by atoms with E-state index in [1.165, 1.54) is 6.42 Å². The second kappa shape index (κ2) is 8.05. The van der Waals surface area contributed by atoms with Crippen molar-refractivity contribution in [3.05, 3.63) is 35.9 Å². The first kappa shape index (κ1) is 19.6. The van der Waals surface area contributed by atoms with Crippen molar-refractivity contribution in [3.8, 4) is 0 Å². The van der Waals surface area contributed by atoms with Gasteiger partial charge in [0.25, 0.3) is 5.91 Å². The minimum Gasteiger partial charge on any atom is -0.339 e. The van der Waals surface area contributed by atoms with Gasteiger partial charge in [-0.2, -0.15) is 0 Å². The lowest BCUT2D eigenvalue weighted by molar-refractivity contribution is -0.142. The number of rotatable bonds is 3. The molecule has 0 N–H and O–H groups in total. The average Bonchev–Trinajstić information content (AvgIpc) is 3.58. The Morgan fingerprint density at radius 1 is 0.767 bits per heavy atom. The summed E-state index contributed by atoms with van der Waals surface area (Å²) in [6, 6.07) is 9.19. The molecule has 0 bridgehead atoms. The number of nitrogens with zero attached hydrogens (tertiary/aromatic N) is 3. The Labute approximate surface area is 178 Å². The highest BCUT2D eigenvalue weighted by atomic mass is 16.2. The number of fused-ring (bicyclic) bond motifs is 1. The first-order valence-corrected chi connectivity index (χ1v) is 11.6. The van der Waals surface area contributed by atoms with Gasteiger partial charge in [-0.05, 0) is 50.2 Å². The summed E-state index contributed by atoms with van der Waals surface area (Å²) in [5.41, 5.74) is 0.668. The highest BCUT2D eigenvalue weighted by molar-refractivity contribution is 5.98. The van der Waals surface area contributed by atoms with E-state index in [9.17, 15) is 14.4 Å². The van der Waals surface area contributed by atoms with E-state index >= 15 is 0 Å². The molecule has 1 aromatic carbocycles. The topological polar surface area (TPSA) is 60.9 Å². The van der Waals surface area contributed by atoms with E-state index < -0.39 is 0 Å². The van der Waals surface area contributed by atoms with Crippen molar-refractivity contribution in [1.29, 1.82) is 0 Å². The van der Waals surface area contributed by atoms with Crippen LogP contribution < -0.4 is 0 Å². The van der Waals surface area contributed by atoms with Crippen molar-refractivity contribution in [1.82, 2.24) is 14.7 Å². The summed E-state index contributed by atoms with van der Waals surface area (Å²) in [4.78, 5) is 45.0. The zero-order chi connectivity index (χ0) is 20.7. The van der Waals surface area contributed by atoms with Gasteiger partial charge in [0, 0.05) is 43.7 Å². The van der Waals surface area contributed by atoms with E-state index in [0.29, 0.717) is 37.7 Å². The highest BCUT2D eigenvalue weighted by Gasteiger charge is 2.49. The van der Waals surface area contributed by atoms with Crippen LogP contribution in [0.5, 0.6) is 0 Å². The molecule has 2 aliphatic carbocycles. The fourth-order valence-electron chi connectivity index (χ4n) is 5.65. The lowest BCUT2D eigenvalue weighted by Gasteiger charge is -2.38. The number of likely N-dealkylation sites (tertiary alicyclic amines) is 1. The number of amides is 3. The van der Waals surface area contributed by atoms with Gasteiger partial charge in [0.05, 0.1) is 0 Å². The van der Waals surface area contributed by atoms with Crippen LogP contribution >= 0.6 is 0 Å². The number of benzene rings is 1. The minimum atomic E-state index is -0.364. The number of hydrogen-bond acceptors (Lipinski definition) is 3. The summed E-state index contributed by atoms with van der Waals surface area (Å²) in [6.07, 6.45) is 7.23. The Kier molecular flexibility index (Phi) is 5.25. The molecule has 3 amide bonds. The minimum absolute atomic E-state index is 0.00843. The number of hydrogen-bond donors (Lipinski definition) is 0. The third-order valence-electron chi connectivity index (χ3n) is 7.46. The molecular weight excluding hydrogens is 378 g/mol. The maximum absolute atomic E-state index is 13.5. The predicted octanol–water partition coefficient (Wildman–Crippen LogP) is 2.54. The lowest BCUT2D eigenvalue weighted by Crippen LogP contribution is -2.56. The largest absolute Gasteiger partial charge is 0.339 e. The quantitative estimate of drug-likeness (QED) is 0.771. The molecule has 3 unspecified atom stereocenters. The molecule has 1 aromatic rings. The van der Waals surface area contributed by atoms with Crippen molar-refractivity contribution < 1.29 is 14.4 Å². The molecule has 4 fully saturated rings. The van der Waals surface area contributed by atoms with Crippen LogP contribution in [0.4, 0.5) is 0 Å². The second-order valence-electron chi connectivity index (χ2n) is 9.37.